The molecule has 3 rings (SSSR count). The molecule has 7 nitrogen and oxygen atoms in total. The SMILES string of the molecule is O=S(=O)(NC1CCN(S(=O)(=O)N2CCCCC2)CC1)c1cccs1. The van der Waals surface area contributed by atoms with E-state index in [0.717, 1.165) is 19.3 Å². The lowest BCUT2D eigenvalue weighted by molar-refractivity contribution is 0.265. The molecule has 0 bridgehead atoms. The van der Waals surface area contributed by atoms with Gasteiger partial charge < -0.3 is 0 Å². The number of thiophene rings is 1. The molecule has 1 N–H and O–H groups in total. The molecule has 0 aliphatic carbocycles. The van der Waals surface area contributed by atoms with Crippen molar-refractivity contribution in [2.75, 3.05) is 26.2 Å². The van der Waals surface area contributed by atoms with Gasteiger partial charge in [-0.1, -0.05) is 12.5 Å². The second-order valence-corrected chi connectivity index (χ2v) is 11.0. The lowest BCUT2D eigenvalue weighted by Gasteiger charge is -2.36. The molecule has 2 fully saturated rings. The summed E-state index contributed by atoms with van der Waals surface area (Å²) < 4.78 is 55.8. The topological polar surface area (TPSA) is 86.8 Å². The van der Waals surface area contributed by atoms with Crippen molar-refractivity contribution in [3.63, 3.8) is 0 Å². The van der Waals surface area contributed by atoms with Crippen LogP contribution in [0.15, 0.2) is 21.7 Å². The van der Waals surface area contributed by atoms with Crippen LogP contribution >= 0.6 is 11.3 Å². The van der Waals surface area contributed by atoms with Gasteiger partial charge in [0.1, 0.15) is 4.21 Å². The third kappa shape index (κ3) is 4.00. The molecule has 2 aliphatic rings. The van der Waals surface area contributed by atoms with Gasteiger partial charge in [-0.15, -0.1) is 11.3 Å². The van der Waals surface area contributed by atoms with Gasteiger partial charge in [0.05, 0.1) is 0 Å². The van der Waals surface area contributed by atoms with E-state index in [2.05, 4.69) is 4.72 Å². The highest BCUT2D eigenvalue weighted by Crippen LogP contribution is 2.22. The average Bonchev–Trinajstić information content (AvgIpc) is 3.11. The first-order valence-electron chi connectivity index (χ1n) is 8.21. The van der Waals surface area contributed by atoms with Crippen molar-refractivity contribution in [2.24, 2.45) is 0 Å². The maximum Gasteiger partial charge on any atom is 0.281 e. The Bertz CT molecular complexity index is 732. The minimum Gasteiger partial charge on any atom is -0.207 e. The molecular weight excluding hydrogens is 370 g/mol. The molecule has 24 heavy (non-hydrogen) atoms. The monoisotopic (exact) mass is 393 g/mol. The third-order valence-electron chi connectivity index (χ3n) is 4.50. The van der Waals surface area contributed by atoms with Gasteiger partial charge in [0.15, 0.2) is 0 Å². The second kappa shape index (κ2) is 7.38. The van der Waals surface area contributed by atoms with Gasteiger partial charge >= 0.3 is 0 Å². The van der Waals surface area contributed by atoms with Crippen molar-refractivity contribution in [1.29, 1.82) is 0 Å². The molecule has 2 aliphatic heterocycles. The van der Waals surface area contributed by atoms with Crippen LogP contribution in [0.1, 0.15) is 32.1 Å². The smallest absolute Gasteiger partial charge is 0.207 e. The van der Waals surface area contributed by atoms with Gasteiger partial charge in [0, 0.05) is 32.2 Å². The molecule has 2 saturated heterocycles. The summed E-state index contributed by atoms with van der Waals surface area (Å²) in [6.45, 7) is 1.90. The van der Waals surface area contributed by atoms with E-state index in [4.69, 9.17) is 0 Å². The summed E-state index contributed by atoms with van der Waals surface area (Å²) in [6, 6.07) is 3.06. The first kappa shape index (κ1) is 18.3. The van der Waals surface area contributed by atoms with Crippen molar-refractivity contribution >= 4 is 31.6 Å². The lowest BCUT2D eigenvalue weighted by Crippen LogP contribution is -2.51. The molecule has 0 spiro atoms. The zero-order valence-corrected chi connectivity index (χ0v) is 15.9. The van der Waals surface area contributed by atoms with E-state index in [1.165, 1.54) is 15.6 Å². The predicted octanol–water partition coefficient (Wildman–Crippen LogP) is 1.22. The van der Waals surface area contributed by atoms with E-state index in [-0.39, 0.29) is 6.04 Å². The van der Waals surface area contributed by atoms with Crippen molar-refractivity contribution < 1.29 is 16.8 Å². The molecule has 10 heteroatoms. The minimum atomic E-state index is -3.50. The van der Waals surface area contributed by atoms with E-state index < -0.39 is 20.2 Å². The normalized spacial score (nSPS) is 22.7. The fraction of sp³-hybridized carbons (Fsp3) is 0.714. The first-order valence-corrected chi connectivity index (χ1v) is 12.0. The molecule has 0 radical (unpaired) electrons. The fourth-order valence-corrected chi connectivity index (χ4v) is 7.19. The average molecular weight is 394 g/mol. The molecule has 0 amide bonds. The quantitative estimate of drug-likeness (QED) is 0.815. The Morgan fingerprint density at radius 1 is 0.958 bits per heavy atom. The summed E-state index contributed by atoms with van der Waals surface area (Å²) in [4.78, 5) is 0. The van der Waals surface area contributed by atoms with Crippen LogP contribution < -0.4 is 4.72 Å². The van der Waals surface area contributed by atoms with E-state index in [1.54, 1.807) is 21.8 Å². The minimum absolute atomic E-state index is 0.218. The van der Waals surface area contributed by atoms with Crippen LogP contribution in [-0.4, -0.2) is 57.7 Å². The Morgan fingerprint density at radius 3 is 2.17 bits per heavy atom. The zero-order valence-electron chi connectivity index (χ0n) is 13.4. The second-order valence-electron chi connectivity index (χ2n) is 6.19. The molecule has 0 saturated carbocycles. The van der Waals surface area contributed by atoms with Crippen LogP contribution in [0.3, 0.4) is 0 Å². The Balaban J connectivity index is 1.58. The van der Waals surface area contributed by atoms with Gasteiger partial charge in [0.25, 0.3) is 10.2 Å². The van der Waals surface area contributed by atoms with Crippen molar-refractivity contribution in [1.82, 2.24) is 13.3 Å². The molecule has 0 atom stereocenters. The van der Waals surface area contributed by atoms with E-state index in [0.29, 0.717) is 43.2 Å². The summed E-state index contributed by atoms with van der Waals surface area (Å²) in [7, 11) is -6.90. The molecule has 0 aromatic carbocycles. The van der Waals surface area contributed by atoms with Crippen molar-refractivity contribution in [3.8, 4) is 0 Å². The summed E-state index contributed by atoms with van der Waals surface area (Å²) >= 11 is 1.18. The van der Waals surface area contributed by atoms with Gasteiger partial charge in [-0.05, 0) is 37.1 Å². The highest BCUT2D eigenvalue weighted by molar-refractivity contribution is 7.91. The number of hydrogen-bond donors (Lipinski definition) is 1. The number of sulfonamides is 1. The highest BCUT2D eigenvalue weighted by Gasteiger charge is 2.34. The Hall–Kier alpha value is -0.520. The number of nitrogens with one attached hydrogen (secondary N) is 1. The van der Waals surface area contributed by atoms with Crippen LogP contribution in [0.5, 0.6) is 0 Å². The molecule has 3 heterocycles. The number of piperidine rings is 2. The Morgan fingerprint density at radius 2 is 1.58 bits per heavy atom. The van der Waals surface area contributed by atoms with Crippen LogP contribution in [0.25, 0.3) is 0 Å². The number of nitrogens with zero attached hydrogens (tertiary/aromatic N) is 2. The fourth-order valence-electron chi connectivity index (χ4n) is 3.16. The lowest BCUT2D eigenvalue weighted by atomic mass is 10.1. The summed E-state index contributed by atoms with van der Waals surface area (Å²) in [6.07, 6.45) is 3.90. The van der Waals surface area contributed by atoms with Gasteiger partial charge in [-0.25, -0.2) is 13.1 Å². The van der Waals surface area contributed by atoms with Gasteiger partial charge in [-0.3, -0.25) is 0 Å². The van der Waals surface area contributed by atoms with Crippen LogP contribution in [-0.2, 0) is 20.2 Å². The van der Waals surface area contributed by atoms with Crippen LogP contribution in [0, 0.1) is 0 Å². The van der Waals surface area contributed by atoms with Crippen molar-refractivity contribution in [2.45, 2.75) is 42.4 Å². The summed E-state index contributed by atoms with van der Waals surface area (Å²) in [5.74, 6) is 0. The zero-order chi connectivity index (χ0) is 17.2. The Kier molecular flexibility index (Phi) is 5.62. The molecule has 0 unspecified atom stereocenters. The largest absolute Gasteiger partial charge is 0.281 e. The van der Waals surface area contributed by atoms with E-state index in [9.17, 15) is 16.8 Å². The molecule has 1 aromatic heterocycles. The van der Waals surface area contributed by atoms with Crippen LogP contribution in [0.4, 0.5) is 0 Å². The highest BCUT2D eigenvalue weighted by atomic mass is 32.2. The number of rotatable bonds is 5. The molecular formula is C14H23N3O4S3. The third-order valence-corrected chi connectivity index (χ3v) is 9.46. The molecule has 1 aromatic rings. The Labute approximate surface area is 147 Å². The van der Waals surface area contributed by atoms with Crippen molar-refractivity contribution in [3.05, 3.63) is 17.5 Å². The van der Waals surface area contributed by atoms with E-state index in [1.807, 2.05) is 0 Å². The first-order chi connectivity index (χ1) is 11.4. The summed E-state index contributed by atoms with van der Waals surface area (Å²) in [5, 5.41) is 1.72. The maximum atomic E-state index is 12.6. The molecule has 136 valence electrons. The number of hydrogen-bond acceptors (Lipinski definition) is 5. The van der Waals surface area contributed by atoms with Gasteiger partial charge in [-0.2, -0.15) is 17.0 Å². The maximum absolute atomic E-state index is 12.6. The standard InChI is InChI=1S/C14H23N3O4S3/c18-23(19,14-5-4-12-22-14)15-13-6-10-17(11-7-13)24(20,21)16-8-2-1-3-9-16/h4-5,12-13,15H,1-3,6-11H2. The van der Waals surface area contributed by atoms with Gasteiger partial charge in [0.2, 0.25) is 10.0 Å². The van der Waals surface area contributed by atoms with E-state index >= 15 is 0 Å². The summed E-state index contributed by atoms with van der Waals surface area (Å²) in [5.41, 5.74) is 0. The van der Waals surface area contributed by atoms with Crippen LogP contribution in [0.2, 0.25) is 0 Å². The predicted molar refractivity (Wildman–Crippen MR) is 93.6 cm³/mol.